The first-order valence-corrected chi connectivity index (χ1v) is 5.57. The summed E-state index contributed by atoms with van der Waals surface area (Å²) in [6.45, 7) is 10.9. The lowest BCUT2D eigenvalue weighted by atomic mass is 10.0. The Morgan fingerprint density at radius 1 is 1.36 bits per heavy atom. The summed E-state index contributed by atoms with van der Waals surface area (Å²) in [5.41, 5.74) is 5.87. The molecule has 1 rings (SSSR count). The number of guanidine groups is 1. The monoisotopic (exact) mass is 197 g/mol. The second kappa shape index (κ2) is 4.67. The van der Waals surface area contributed by atoms with E-state index in [9.17, 15) is 0 Å². The number of aliphatic imine (C=N–C) groups is 1. The van der Waals surface area contributed by atoms with Crippen LogP contribution >= 0.6 is 0 Å². The lowest BCUT2D eigenvalue weighted by molar-refractivity contribution is 0.271. The van der Waals surface area contributed by atoms with E-state index in [2.05, 4.69) is 37.6 Å². The van der Waals surface area contributed by atoms with Gasteiger partial charge in [-0.25, -0.2) is 0 Å². The summed E-state index contributed by atoms with van der Waals surface area (Å²) in [5, 5.41) is 0. The maximum Gasteiger partial charge on any atom is 0.191 e. The number of nitrogens with zero attached hydrogens (tertiary/aromatic N) is 2. The van der Waals surface area contributed by atoms with Crippen LogP contribution in [-0.4, -0.2) is 30.0 Å². The highest BCUT2D eigenvalue weighted by Gasteiger charge is 2.26. The molecular formula is C11H23N3. The Morgan fingerprint density at radius 3 is 2.50 bits per heavy atom. The van der Waals surface area contributed by atoms with E-state index in [0.717, 1.165) is 25.0 Å². The first-order chi connectivity index (χ1) is 6.50. The largest absolute Gasteiger partial charge is 0.370 e. The van der Waals surface area contributed by atoms with Gasteiger partial charge < -0.3 is 10.6 Å². The van der Waals surface area contributed by atoms with E-state index in [1.54, 1.807) is 0 Å². The summed E-state index contributed by atoms with van der Waals surface area (Å²) >= 11 is 0. The highest BCUT2D eigenvalue weighted by molar-refractivity contribution is 5.80. The molecule has 3 heteroatoms. The highest BCUT2D eigenvalue weighted by atomic mass is 15.3. The molecule has 1 aliphatic rings. The third kappa shape index (κ3) is 2.89. The summed E-state index contributed by atoms with van der Waals surface area (Å²) in [5.74, 6) is 2.11. The van der Waals surface area contributed by atoms with Crippen LogP contribution < -0.4 is 5.73 Å². The molecule has 1 atom stereocenters. The number of hydrogen-bond donors (Lipinski definition) is 1. The van der Waals surface area contributed by atoms with E-state index in [-0.39, 0.29) is 0 Å². The summed E-state index contributed by atoms with van der Waals surface area (Å²) < 4.78 is 0. The fourth-order valence-electron chi connectivity index (χ4n) is 1.96. The molecule has 2 N–H and O–H groups in total. The van der Waals surface area contributed by atoms with E-state index in [0.29, 0.717) is 12.0 Å². The van der Waals surface area contributed by atoms with E-state index < -0.39 is 0 Å². The van der Waals surface area contributed by atoms with Gasteiger partial charge in [-0.2, -0.15) is 0 Å². The second-order valence-corrected chi connectivity index (χ2v) is 5.03. The van der Waals surface area contributed by atoms with Gasteiger partial charge in [-0.1, -0.05) is 27.7 Å². The van der Waals surface area contributed by atoms with E-state index in [1.807, 2.05) is 0 Å². The molecule has 0 aliphatic carbocycles. The van der Waals surface area contributed by atoms with Gasteiger partial charge in [0.1, 0.15) is 0 Å². The molecule has 0 aromatic rings. The van der Waals surface area contributed by atoms with Crippen LogP contribution in [0, 0.1) is 11.8 Å². The van der Waals surface area contributed by atoms with Gasteiger partial charge in [-0.3, -0.25) is 4.99 Å². The predicted octanol–water partition coefficient (Wildman–Crippen LogP) is 1.69. The molecule has 0 amide bonds. The molecule has 1 heterocycles. The van der Waals surface area contributed by atoms with Crippen molar-refractivity contribution in [3.8, 4) is 0 Å². The Hall–Kier alpha value is -0.730. The smallest absolute Gasteiger partial charge is 0.191 e. The number of rotatable bonds is 4. The van der Waals surface area contributed by atoms with Crippen molar-refractivity contribution in [2.24, 2.45) is 22.6 Å². The first kappa shape index (κ1) is 11.3. The van der Waals surface area contributed by atoms with Crippen LogP contribution in [0.5, 0.6) is 0 Å². The summed E-state index contributed by atoms with van der Waals surface area (Å²) in [6, 6.07) is 0.539. The fraction of sp³-hybridized carbons (Fsp3) is 0.909. The van der Waals surface area contributed by atoms with Crippen molar-refractivity contribution in [3.63, 3.8) is 0 Å². The standard InChI is InChI=1S/C11H23N3/c1-8(2)5-10-6-13-11(12)14(10)7-9(3)4/h8-10H,5-7H2,1-4H3,(H2,12,13). The van der Waals surface area contributed by atoms with Gasteiger partial charge in [0.15, 0.2) is 5.96 Å². The molecule has 1 unspecified atom stereocenters. The molecule has 14 heavy (non-hydrogen) atoms. The quantitative estimate of drug-likeness (QED) is 0.745. The third-order valence-corrected chi connectivity index (χ3v) is 2.50. The molecule has 0 aromatic heterocycles. The van der Waals surface area contributed by atoms with Crippen molar-refractivity contribution in [2.45, 2.75) is 40.2 Å². The van der Waals surface area contributed by atoms with Gasteiger partial charge in [0, 0.05) is 6.54 Å². The minimum Gasteiger partial charge on any atom is -0.370 e. The van der Waals surface area contributed by atoms with Gasteiger partial charge in [0.2, 0.25) is 0 Å². The molecule has 3 nitrogen and oxygen atoms in total. The minimum atomic E-state index is 0.539. The summed E-state index contributed by atoms with van der Waals surface area (Å²) in [7, 11) is 0. The van der Waals surface area contributed by atoms with Crippen molar-refractivity contribution in [1.29, 1.82) is 0 Å². The van der Waals surface area contributed by atoms with Crippen LogP contribution in [0.2, 0.25) is 0 Å². The van der Waals surface area contributed by atoms with Crippen molar-refractivity contribution >= 4 is 5.96 Å². The van der Waals surface area contributed by atoms with Crippen LogP contribution in [0.15, 0.2) is 4.99 Å². The normalized spacial score (nSPS) is 22.3. The van der Waals surface area contributed by atoms with E-state index in [4.69, 9.17) is 5.73 Å². The van der Waals surface area contributed by atoms with Crippen molar-refractivity contribution in [3.05, 3.63) is 0 Å². The van der Waals surface area contributed by atoms with E-state index in [1.165, 1.54) is 6.42 Å². The Labute approximate surface area is 87.4 Å². The van der Waals surface area contributed by atoms with Crippen LogP contribution in [0.1, 0.15) is 34.1 Å². The van der Waals surface area contributed by atoms with Gasteiger partial charge in [0.25, 0.3) is 0 Å². The lowest BCUT2D eigenvalue weighted by Gasteiger charge is -2.28. The molecule has 1 aliphatic heterocycles. The van der Waals surface area contributed by atoms with Crippen molar-refractivity contribution in [2.75, 3.05) is 13.1 Å². The molecule has 0 bridgehead atoms. The zero-order valence-electron chi connectivity index (χ0n) is 9.83. The van der Waals surface area contributed by atoms with Crippen LogP contribution in [0.25, 0.3) is 0 Å². The maximum absolute atomic E-state index is 5.87. The first-order valence-electron chi connectivity index (χ1n) is 5.57. The van der Waals surface area contributed by atoms with Crippen LogP contribution in [0.3, 0.4) is 0 Å². The predicted molar refractivity (Wildman–Crippen MR) is 61.3 cm³/mol. The fourth-order valence-corrected chi connectivity index (χ4v) is 1.96. The SMILES string of the molecule is CC(C)CC1CN=C(N)N1CC(C)C. The Kier molecular flexibility index (Phi) is 3.78. The zero-order valence-corrected chi connectivity index (χ0v) is 9.83. The van der Waals surface area contributed by atoms with Crippen LogP contribution in [-0.2, 0) is 0 Å². The Morgan fingerprint density at radius 2 is 2.00 bits per heavy atom. The molecule has 0 radical (unpaired) electrons. The number of hydrogen-bond acceptors (Lipinski definition) is 3. The Balaban J connectivity index is 2.52. The highest BCUT2D eigenvalue weighted by Crippen LogP contribution is 2.17. The summed E-state index contributed by atoms with van der Waals surface area (Å²) in [6.07, 6.45) is 1.19. The van der Waals surface area contributed by atoms with Gasteiger partial charge in [-0.05, 0) is 18.3 Å². The van der Waals surface area contributed by atoms with Gasteiger partial charge in [0.05, 0.1) is 12.6 Å². The zero-order chi connectivity index (χ0) is 10.7. The molecule has 0 spiro atoms. The molecule has 0 aromatic carbocycles. The van der Waals surface area contributed by atoms with E-state index >= 15 is 0 Å². The minimum absolute atomic E-state index is 0.539. The molecule has 0 saturated heterocycles. The second-order valence-electron chi connectivity index (χ2n) is 5.03. The molecule has 82 valence electrons. The molecular weight excluding hydrogens is 174 g/mol. The maximum atomic E-state index is 5.87. The Bertz CT molecular complexity index is 209. The topological polar surface area (TPSA) is 41.6 Å². The average molecular weight is 197 g/mol. The number of nitrogens with two attached hydrogens (primary N) is 1. The average Bonchev–Trinajstić information content (AvgIpc) is 2.34. The van der Waals surface area contributed by atoms with Gasteiger partial charge in [-0.15, -0.1) is 0 Å². The lowest BCUT2D eigenvalue weighted by Crippen LogP contribution is -2.43. The van der Waals surface area contributed by atoms with Crippen LogP contribution in [0.4, 0.5) is 0 Å². The van der Waals surface area contributed by atoms with Gasteiger partial charge >= 0.3 is 0 Å². The third-order valence-electron chi connectivity index (χ3n) is 2.50. The molecule has 0 saturated carbocycles. The molecule has 0 fully saturated rings. The van der Waals surface area contributed by atoms with Crippen molar-refractivity contribution < 1.29 is 0 Å². The van der Waals surface area contributed by atoms with Crippen molar-refractivity contribution in [1.82, 2.24) is 4.90 Å². The summed E-state index contributed by atoms with van der Waals surface area (Å²) in [4.78, 5) is 6.59.